The van der Waals surface area contributed by atoms with Crippen molar-refractivity contribution in [3.8, 4) is 5.69 Å². The van der Waals surface area contributed by atoms with E-state index in [0.29, 0.717) is 17.4 Å². The second-order valence-corrected chi connectivity index (χ2v) is 10.5. The van der Waals surface area contributed by atoms with E-state index in [1.54, 1.807) is 38.5 Å². The van der Waals surface area contributed by atoms with Gasteiger partial charge in [-0.25, -0.2) is 14.2 Å². The highest BCUT2D eigenvalue weighted by Crippen LogP contribution is 2.37. The lowest BCUT2D eigenvalue weighted by atomic mass is 10.1. The molecule has 1 amide bonds. The normalized spacial score (nSPS) is 14.1. The number of benzene rings is 1. The van der Waals surface area contributed by atoms with Crippen LogP contribution in [0.25, 0.3) is 16.6 Å². The second-order valence-electron chi connectivity index (χ2n) is 10.5. The molecule has 0 bridgehead atoms. The molecule has 1 aromatic carbocycles. The lowest BCUT2D eigenvalue weighted by Crippen LogP contribution is -2.44. The smallest absolute Gasteiger partial charge is 0.419 e. The molecule has 0 fully saturated rings. The van der Waals surface area contributed by atoms with Gasteiger partial charge in [-0.2, -0.15) is 13.2 Å². The Labute approximate surface area is 225 Å². The predicted octanol–water partition coefficient (Wildman–Crippen LogP) is 4.89. The van der Waals surface area contributed by atoms with Crippen LogP contribution < -0.4 is 5.56 Å². The SMILES string of the molecule is Cc1cn(-c2ccc3n(c2=O)CCN(Cc2cn(C(=O)OC(C)(C)C)c4ccc(C(F)(F)F)c(F)c24)C3=O)cn1. The summed E-state index contributed by atoms with van der Waals surface area (Å²) in [4.78, 5) is 44.8. The molecule has 210 valence electrons. The molecule has 4 heterocycles. The number of pyridine rings is 1. The van der Waals surface area contributed by atoms with Crippen LogP contribution in [0, 0.1) is 12.7 Å². The number of aromatic nitrogens is 4. The highest BCUT2D eigenvalue weighted by molar-refractivity contribution is 5.95. The molecule has 0 saturated heterocycles. The third-order valence-electron chi connectivity index (χ3n) is 6.49. The van der Waals surface area contributed by atoms with Gasteiger partial charge in [0.25, 0.3) is 11.5 Å². The number of hydrogen-bond donors (Lipinski definition) is 0. The third-order valence-corrected chi connectivity index (χ3v) is 6.49. The van der Waals surface area contributed by atoms with E-state index in [4.69, 9.17) is 4.74 Å². The first-order chi connectivity index (χ1) is 18.7. The van der Waals surface area contributed by atoms with Gasteiger partial charge in [-0.1, -0.05) is 0 Å². The first-order valence-corrected chi connectivity index (χ1v) is 12.3. The standard InChI is InChI=1S/C27H25F4N5O4/c1-15-11-34(14-32-15)19-7-8-20-23(37)33(9-10-35(20)24(19)38)12-16-13-36(25(39)40-26(2,3)4)18-6-5-17(27(29,30)31)22(28)21(16)18/h5-8,11,13-14H,9-10,12H2,1-4H3. The van der Waals surface area contributed by atoms with Crippen molar-refractivity contribution in [2.45, 2.75) is 52.6 Å². The van der Waals surface area contributed by atoms with Gasteiger partial charge >= 0.3 is 12.3 Å². The van der Waals surface area contributed by atoms with E-state index in [9.17, 15) is 27.6 Å². The highest BCUT2D eigenvalue weighted by Gasteiger charge is 2.37. The Morgan fingerprint density at radius 1 is 1.05 bits per heavy atom. The summed E-state index contributed by atoms with van der Waals surface area (Å²) in [7, 11) is 0. The molecule has 9 nitrogen and oxygen atoms in total. The summed E-state index contributed by atoms with van der Waals surface area (Å²) in [6.45, 7) is 6.44. The fourth-order valence-corrected chi connectivity index (χ4v) is 4.73. The largest absolute Gasteiger partial charge is 0.443 e. The van der Waals surface area contributed by atoms with Gasteiger partial charge in [0.2, 0.25) is 0 Å². The van der Waals surface area contributed by atoms with Gasteiger partial charge in [0, 0.05) is 43.0 Å². The van der Waals surface area contributed by atoms with Crippen LogP contribution in [-0.2, 0) is 24.0 Å². The fraction of sp³-hybridized carbons (Fsp3) is 0.333. The number of imidazole rings is 1. The number of amides is 1. The van der Waals surface area contributed by atoms with Crippen LogP contribution in [0.4, 0.5) is 22.4 Å². The monoisotopic (exact) mass is 559 g/mol. The van der Waals surface area contributed by atoms with Gasteiger partial charge in [-0.15, -0.1) is 0 Å². The molecule has 1 aliphatic heterocycles. The van der Waals surface area contributed by atoms with Gasteiger partial charge in [0.1, 0.15) is 22.8 Å². The zero-order valence-corrected chi connectivity index (χ0v) is 22.0. The van der Waals surface area contributed by atoms with E-state index in [1.807, 2.05) is 0 Å². The van der Waals surface area contributed by atoms with Crippen molar-refractivity contribution in [3.63, 3.8) is 0 Å². The zero-order valence-electron chi connectivity index (χ0n) is 22.0. The summed E-state index contributed by atoms with van der Waals surface area (Å²) in [5.41, 5.74) is -1.90. The molecule has 13 heteroatoms. The highest BCUT2D eigenvalue weighted by atomic mass is 19.4. The number of carbonyl (C=O) groups excluding carboxylic acids is 2. The number of hydrogen-bond acceptors (Lipinski definition) is 5. The maximum absolute atomic E-state index is 15.3. The average molecular weight is 560 g/mol. The first-order valence-electron chi connectivity index (χ1n) is 12.3. The van der Waals surface area contributed by atoms with Gasteiger partial charge in [-0.3, -0.25) is 14.2 Å². The summed E-state index contributed by atoms with van der Waals surface area (Å²) in [6, 6.07) is 4.53. The maximum Gasteiger partial charge on any atom is 0.419 e. The van der Waals surface area contributed by atoms with Crippen molar-refractivity contribution >= 4 is 22.9 Å². The summed E-state index contributed by atoms with van der Waals surface area (Å²) in [6.07, 6.45) is -1.55. The molecule has 0 radical (unpaired) electrons. The number of alkyl halides is 3. The second kappa shape index (κ2) is 9.35. The van der Waals surface area contributed by atoms with Crippen LogP contribution in [0.2, 0.25) is 0 Å². The van der Waals surface area contributed by atoms with Crippen molar-refractivity contribution in [2.75, 3.05) is 6.54 Å². The van der Waals surface area contributed by atoms with Crippen LogP contribution in [0.15, 0.2) is 47.8 Å². The molecule has 0 aliphatic carbocycles. The van der Waals surface area contributed by atoms with Crippen molar-refractivity contribution in [2.24, 2.45) is 0 Å². The Bertz CT molecular complexity index is 1730. The Hall–Kier alpha value is -4.42. The molecule has 0 unspecified atom stereocenters. The minimum atomic E-state index is -4.98. The number of rotatable bonds is 3. The summed E-state index contributed by atoms with van der Waals surface area (Å²) < 4.78 is 65.1. The van der Waals surface area contributed by atoms with Crippen molar-refractivity contribution in [1.82, 2.24) is 23.6 Å². The number of nitrogens with zero attached hydrogens (tertiary/aromatic N) is 5. The summed E-state index contributed by atoms with van der Waals surface area (Å²) in [5, 5.41) is -0.442. The lowest BCUT2D eigenvalue weighted by molar-refractivity contribution is -0.139. The Balaban J connectivity index is 1.55. The van der Waals surface area contributed by atoms with Crippen LogP contribution in [0.5, 0.6) is 0 Å². The number of fused-ring (bicyclic) bond motifs is 2. The van der Waals surface area contributed by atoms with E-state index in [1.165, 1.54) is 34.1 Å². The van der Waals surface area contributed by atoms with E-state index in [-0.39, 0.29) is 36.4 Å². The van der Waals surface area contributed by atoms with Gasteiger partial charge < -0.3 is 18.8 Å². The Morgan fingerprint density at radius 3 is 2.40 bits per heavy atom. The van der Waals surface area contributed by atoms with E-state index in [2.05, 4.69) is 4.98 Å². The lowest BCUT2D eigenvalue weighted by Gasteiger charge is -2.29. The predicted molar refractivity (Wildman–Crippen MR) is 136 cm³/mol. The minimum Gasteiger partial charge on any atom is -0.443 e. The molecule has 1 aliphatic rings. The Kier molecular flexibility index (Phi) is 6.35. The number of carbonyl (C=O) groups is 2. The van der Waals surface area contributed by atoms with Crippen molar-refractivity contribution in [1.29, 1.82) is 0 Å². The van der Waals surface area contributed by atoms with E-state index < -0.39 is 46.1 Å². The molecular formula is C27H25F4N5O4. The molecule has 4 aromatic rings. The number of halogens is 4. The van der Waals surface area contributed by atoms with Gasteiger partial charge in [-0.05, 0) is 52.0 Å². The van der Waals surface area contributed by atoms with Crippen molar-refractivity contribution < 1.29 is 31.9 Å². The molecule has 0 spiro atoms. The summed E-state index contributed by atoms with van der Waals surface area (Å²) in [5.74, 6) is -2.12. The number of aryl methyl sites for hydroxylation is 1. The maximum atomic E-state index is 15.3. The molecule has 0 atom stereocenters. The van der Waals surface area contributed by atoms with Crippen LogP contribution in [0.3, 0.4) is 0 Å². The fourth-order valence-electron chi connectivity index (χ4n) is 4.73. The minimum absolute atomic E-state index is 0.0147. The average Bonchev–Trinajstić information content (AvgIpc) is 3.44. The van der Waals surface area contributed by atoms with E-state index in [0.717, 1.165) is 10.6 Å². The van der Waals surface area contributed by atoms with Crippen molar-refractivity contribution in [3.05, 3.63) is 81.7 Å². The van der Waals surface area contributed by atoms with E-state index >= 15 is 4.39 Å². The molecule has 3 aromatic heterocycles. The molecule has 5 rings (SSSR count). The molecule has 40 heavy (non-hydrogen) atoms. The number of ether oxygens (including phenoxy) is 1. The first kappa shape index (κ1) is 27.2. The topological polar surface area (TPSA) is 91.4 Å². The zero-order chi connectivity index (χ0) is 29.1. The third kappa shape index (κ3) is 4.75. The quantitative estimate of drug-likeness (QED) is 0.333. The summed E-state index contributed by atoms with van der Waals surface area (Å²) >= 11 is 0. The van der Waals surface area contributed by atoms with Crippen LogP contribution >= 0.6 is 0 Å². The molecule has 0 N–H and O–H groups in total. The Morgan fingerprint density at radius 2 is 1.77 bits per heavy atom. The molecular weight excluding hydrogens is 534 g/mol. The van der Waals surface area contributed by atoms with Gasteiger partial charge in [0.05, 0.1) is 23.1 Å². The van der Waals surface area contributed by atoms with Crippen LogP contribution in [-0.4, -0.2) is 47.7 Å². The molecule has 0 saturated carbocycles. The van der Waals surface area contributed by atoms with Gasteiger partial charge in [0.15, 0.2) is 0 Å². The van der Waals surface area contributed by atoms with Crippen LogP contribution in [0.1, 0.15) is 48.1 Å².